The summed E-state index contributed by atoms with van der Waals surface area (Å²) in [6.07, 6.45) is 2.22. The molecule has 0 radical (unpaired) electrons. The molecule has 0 fully saturated rings. The van der Waals surface area contributed by atoms with E-state index in [0.717, 1.165) is 18.6 Å². The first-order valence-corrected chi connectivity index (χ1v) is 6.42. The molecule has 3 rings (SSSR count). The zero-order valence-electron chi connectivity index (χ0n) is 10.3. The van der Waals surface area contributed by atoms with Gasteiger partial charge in [-0.25, -0.2) is 0 Å². The number of rotatable bonds is 2. The van der Waals surface area contributed by atoms with Crippen LogP contribution in [0.1, 0.15) is 12.0 Å². The topological polar surface area (TPSA) is 35.2 Å². The zero-order chi connectivity index (χ0) is 12.4. The summed E-state index contributed by atoms with van der Waals surface area (Å²) in [5.41, 5.74) is 9.39. The van der Waals surface area contributed by atoms with Gasteiger partial charge in [0.25, 0.3) is 0 Å². The Morgan fingerprint density at radius 1 is 1.06 bits per heavy atom. The zero-order valence-corrected chi connectivity index (χ0v) is 10.3. The average Bonchev–Trinajstić information content (AvgIpc) is 2.47. The Hall–Kier alpha value is -1.80. The number of hydrogen-bond donors (Lipinski definition) is 1. The molecule has 2 nitrogen and oxygen atoms in total. The van der Waals surface area contributed by atoms with E-state index in [1.54, 1.807) is 0 Å². The van der Waals surface area contributed by atoms with Gasteiger partial charge in [0.15, 0.2) is 0 Å². The van der Waals surface area contributed by atoms with Gasteiger partial charge in [0, 0.05) is 12.1 Å². The lowest BCUT2D eigenvalue weighted by atomic mass is 9.96. The summed E-state index contributed by atoms with van der Waals surface area (Å²) in [4.78, 5) is 0. The largest absolute Gasteiger partial charge is 0.488 e. The smallest absolute Gasteiger partial charge is 0.130 e. The Morgan fingerprint density at radius 2 is 1.89 bits per heavy atom. The summed E-state index contributed by atoms with van der Waals surface area (Å²) in [6, 6.07) is 16.7. The number of benzene rings is 2. The Bertz CT molecular complexity index is 536. The Morgan fingerprint density at radius 3 is 2.67 bits per heavy atom. The number of ether oxygens (including phenoxy) is 1. The molecule has 92 valence electrons. The van der Waals surface area contributed by atoms with Gasteiger partial charge >= 0.3 is 0 Å². The first-order chi connectivity index (χ1) is 8.88. The van der Waals surface area contributed by atoms with Crippen LogP contribution >= 0.6 is 0 Å². The van der Waals surface area contributed by atoms with Gasteiger partial charge in [0.05, 0.1) is 0 Å². The molecule has 18 heavy (non-hydrogen) atoms. The minimum Gasteiger partial charge on any atom is -0.488 e. The lowest BCUT2D eigenvalue weighted by molar-refractivity contribution is 0.182. The molecule has 0 aliphatic carbocycles. The summed E-state index contributed by atoms with van der Waals surface area (Å²) >= 11 is 0. The van der Waals surface area contributed by atoms with Crippen molar-refractivity contribution >= 4 is 0 Å². The van der Waals surface area contributed by atoms with E-state index in [-0.39, 0.29) is 6.10 Å². The van der Waals surface area contributed by atoms with E-state index >= 15 is 0 Å². The molecule has 0 unspecified atom stereocenters. The molecule has 0 saturated heterocycles. The van der Waals surface area contributed by atoms with Gasteiger partial charge in [-0.3, -0.25) is 0 Å². The number of nitrogens with two attached hydrogens (primary N) is 1. The number of para-hydroxylation sites is 1. The molecule has 0 amide bonds. The maximum absolute atomic E-state index is 6.04. The second-order valence-corrected chi connectivity index (χ2v) is 4.67. The van der Waals surface area contributed by atoms with Crippen molar-refractivity contribution in [2.24, 2.45) is 5.73 Å². The minimum absolute atomic E-state index is 0.155. The summed E-state index contributed by atoms with van der Waals surface area (Å²) < 4.78 is 6.04. The van der Waals surface area contributed by atoms with Gasteiger partial charge in [-0.15, -0.1) is 0 Å². The van der Waals surface area contributed by atoms with Crippen LogP contribution in [0.25, 0.3) is 11.1 Å². The van der Waals surface area contributed by atoms with Crippen molar-refractivity contribution in [1.82, 2.24) is 0 Å². The van der Waals surface area contributed by atoms with Crippen LogP contribution in [0.2, 0.25) is 0 Å². The molecule has 0 bridgehead atoms. The van der Waals surface area contributed by atoms with Crippen LogP contribution in [0.3, 0.4) is 0 Å². The van der Waals surface area contributed by atoms with Gasteiger partial charge in [-0.1, -0.05) is 48.5 Å². The lowest BCUT2D eigenvalue weighted by Crippen LogP contribution is -2.30. The maximum atomic E-state index is 6.04. The average molecular weight is 239 g/mol. The van der Waals surface area contributed by atoms with Crippen molar-refractivity contribution in [3.05, 3.63) is 54.1 Å². The molecule has 1 atom stereocenters. The van der Waals surface area contributed by atoms with Crippen LogP contribution in [0.15, 0.2) is 48.5 Å². The second-order valence-electron chi connectivity index (χ2n) is 4.67. The van der Waals surface area contributed by atoms with Crippen LogP contribution < -0.4 is 10.5 Å². The van der Waals surface area contributed by atoms with Crippen molar-refractivity contribution in [3.8, 4) is 16.9 Å². The molecule has 2 heteroatoms. The van der Waals surface area contributed by atoms with Crippen molar-refractivity contribution in [3.63, 3.8) is 0 Å². The predicted octanol–water partition coefficient (Wildman–Crippen LogP) is 3.01. The fraction of sp³-hybridized carbons (Fsp3) is 0.250. The molecule has 2 aromatic carbocycles. The Balaban J connectivity index is 2.06. The van der Waals surface area contributed by atoms with E-state index in [1.807, 2.05) is 6.07 Å². The summed E-state index contributed by atoms with van der Waals surface area (Å²) in [6.45, 7) is 0.586. The van der Waals surface area contributed by atoms with Crippen molar-refractivity contribution in [1.29, 1.82) is 0 Å². The van der Waals surface area contributed by atoms with Crippen LogP contribution in [-0.2, 0) is 6.42 Å². The fourth-order valence-electron chi connectivity index (χ4n) is 2.47. The molecule has 2 aromatic rings. The Labute approximate surface area is 107 Å². The summed E-state index contributed by atoms with van der Waals surface area (Å²) in [5, 5.41) is 0. The van der Waals surface area contributed by atoms with E-state index < -0.39 is 0 Å². The second kappa shape index (κ2) is 4.83. The molecule has 1 heterocycles. The van der Waals surface area contributed by atoms with E-state index in [9.17, 15) is 0 Å². The van der Waals surface area contributed by atoms with Crippen molar-refractivity contribution in [2.75, 3.05) is 6.54 Å². The van der Waals surface area contributed by atoms with Crippen LogP contribution in [0, 0.1) is 0 Å². The third kappa shape index (κ3) is 2.00. The molecule has 0 saturated carbocycles. The Kier molecular flexibility index (Phi) is 3.03. The number of fused-ring (bicyclic) bond motifs is 1. The SMILES string of the molecule is NC[C@H]1CCc2cccc(-c3ccccc3)c2O1. The molecular formula is C16H17NO. The van der Waals surface area contributed by atoms with Crippen LogP contribution in [0.4, 0.5) is 0 Å². The molecule has 0 spiro atoms. The van der Waals surface area contributed by atoms with Gasteiger partial charge in [0.1, 0.15) is 11.9 Å². The van der Waals surface area contributed by atoms with Crippen LogP contribution in [0.5, 0.6) is 5.75 Å². The van der Waals surface area contributed by atoms with E-state index in [1.165, 1.54) is 16.7 Å². The first kappa shape index (κ1) is 11.3. The number of hydrogen-bond acceptors (Lipinski definition) is 2. The van der Waals surface area contributed by atoms with E-state index in [2.05, 4.69) is 42.5 Å². The van der Waals surface area contributed by atoms with Crippen LogP contribution in [-0.4, -0.2) is 12.6 Å². The molecule has 0 aromatic heterocycles. The highest BCUT2D eigenvalue weighted by Gasteiger charge is 2.21. The minimum atomic E-state index is 0.155. The van der Waals surface area contributed by atoms with E-state index in [0.29, 0.717) is 6.54 Å². The first-order valence-electron chi connectivity index (χ1n) is 6.42. The summed E-state index contributed by atoms with van der Waals surface area (Å²) in [5.74, 6) is 1.02. The van der Waals surface area contributed by atoms with Gasteiger partial charge in [-0.2, -0.15) is 0 Å². The monoisotopic (exact) mass is 239 g/mol. The predicted molar refractivity (Wildman–Crippen MR) is 73.7 cm³/mol. The highest BCUT2D eigenvalue weighted by Crippen LogP contribution is 2.37. The highest BCUT2D eigenvalue weighted by atomic mass is 16.5. The van der Waals surface area contributed by atoms with Crippen molar-refractivity contribution in [2.45, 2.75) is 18.9 Å². The van der Waals surface area contributed by atoms with Gasteiger partial charge in [0.2, 0.25) is 0 Å². The maximum Gasteiger partial charge on any atom is 0.130 e. The standard InChI is InChI=1S/C16H17NO/c17-11-14-10-9-13-7-4-8-15(16(13)18-14)12-5-2-1-3-6-12/h1-8,14H,9-11,17H2/t14-/m1/s1. The van der Waals surface area contributed by atoms with Crippen molar-refractivity contribution < 1.29 is 4.74 Å². The highest BCUT2D eigenvalue weighted by molar-refractivity contribution is 5.72. The molecule has 1 aliphatic heterocycles. The molecular weight excluding hydrogens is 222 g/mol. The fourth-order valence-corrected chi connectivity index (χ4v) is 2.47. The lowest BCUT2D eigenvalue weighted by Gasteiger charge is -2.27. The van der Waals surface area contributed by atoms with E-state index in [4.69, 9.17) is 10.5 Å². The third-order valence-corrected chi connectivity index (χ3v) is 3.46. The van der Waals surface area contributed by atoms with Gasteiger partial charge in [-0.05, 0) is 24.0 Å². The third-order valence-electron chi connectivity index (χ3n) is 3.46. The quantitative estimate of drug-likeness (QED) is 0.874. The molecule has 1 aliphatic rings. The molecule has 2 N–H and O–H groups in total. The normalized spacial score (nSPS) is 17.9. The summed E-state index contributed by atoms with van der Waals surface area (Å²) in [7, 11) is 0. The van der Waals surface area contributed by atoms with Gasteiger partial charge < -0.3 is 10.5 Å². The number of aryl methyl sites for hydroxylation is 1.